The third kappa shape index (κ3) is 6.71. The number of carboxylic acids is 1. The Morgan fingerprint density at radius 1 is 1.22 bits per heavy atom. The van der Waals surface area contributed by atoms with Gasteiger partial charge in [-0.15, -0.1) is 0 Å². The molecule has 1 fully saturated rings. The van der Waals surface area contributed by atoms with Crippen LogP contribution >= 0.6 is 0 Å². The zero-order valence-corrected chi connectivity index (χ0v) is 14.1. The van der Waals surface area contributed by atoms with Gasteiger partial charge in [0.2, 0.25) is 10.0 Å². The van der Waals surface area contributed by atoms with Crippen molar-refractivity contribution in [2.24, 2.45) is 5.92 Å². The average molecular weight is 339 g/mol. The van der Waals surface area contributed by atoms with Crippen molar-refractivity contribution in [1.29, 1.82) is 0 Å². The molecule has 5 nitrogen and oxygen atoms in total. The fraction of sp³-hybridized carbons (Fsp3) is 0.588. The van der Waals surface area contributed by atoms with Gasteiger partial charge in [0.25, 0.3) is 0 Å². The van der Waals surface area contributed by atoms with Crippen LogP contribution in [0, 0.1) is 5.92 Å². The zero-order chi connectivity index (χ0) is 16.7. The van der Waals surface area contributed by atoms with E-state index in [1.165, 1.54) is 0 Å². The molecule has 1 unspecified atom stereocenters. The summed E-state index contributed by atoms with van der Waals surface area (Å²) >= 11 is 0. The minimum Gasteiger partial charge on any atom is -0.481 e. The summed E-state index contributed by atoms with van der Waals surface area (Å²) in [5.74, 6) is -0.506. The number of hydrogen-bond donors (Lipinski definition) is 2. The first kappa shape index (κ1) is 17.9. The summed E-state index contributed by atoms with van der Waals surface area (Å²) in [6, 6.07) is 9.19. The summed E-state index contributed by atoms with van der Waals surface area (Å²) in [4.78, 5) is 10.8. The third-order valence-corrected chi connectivity index (χ3v) is 5.91. The van der Waals surface area contributed by atoms with Crippen LogP contribution in [-0.2, 0) is 21.2 Å². The Morgan fingerprint density at radius 3 is 2.48 bits per heavy atom. The fourth-order valence-electron chi connectivity index (χ4n) is 3.19. The Labute approximate surface area is 138 Å². The normalized spacial score (nSPS) is 17.2. The molecule has 6 heteroatoms. The minimum atomic E-state index is -3.38. The van der Waals surface area contributed by atoms with Crippen molar-refractivity contribution in [2.45, 2.75) is 51.0 Å². The number of benzene rings is 1. The lowest BCUT2D eigenvalue weighted by atomic mass is 10.0. The molecule has 0 bridgehead atoms. The van der Waals surface area contributed by atoms with Crippen molar-refractivity contribution in [3.8, 4) is 0 Å². The van der Waals surface area contributed by atoms with Gasteiger partial charge in [0.1, 0.15) is 0 Å². The average Bonchev–Trinajstić information content (AvgIpc) is 2.97. The fourth-order valence-corrected chi connectivity index (χ4v) is 4.95. The van der Waals surface area contributed by atoms with Crippen LogP contribution in [0.2, 0.25) is 0 Å². The largest absolute Gasteiger partial charge is 0.481 e. The molecule has 1 aliphatic rings. The SMILES string of the molecule is O=C(O)CCC(Cc1ccccc1)NS(=O)(=O)CC1CCCC1. The molecule has 0 aliphatic heterocycles. The van der Waals surface area contributed by atoms with Crippen molar-refractivity contribution >= 4 is 16.0 Å². The molecule has 23 heavy (non-hydrogen) atoms. The maximum absolute atomic E-state index is 12.4. The van der Waals surface area contributed by atoms with Gasteiger partial charge >= 0.3 is 5.97 Å². The Hall–Kier alpha value is -1.40. The molecule has 2 N–H and O–H groups in total. The topological polar surface area (TPSA) is 83.5 Å². The highest BCUT2D eigenvalue weighted by molar-refractivity contribution is 7.89. The van der Waals surface area contributed by atoms with Gasteiger partial charge in [-0.1, -0.05) is 43.2 Å². The van der Waals surface area contributed by atoms with Gasteiger partial charge in [-0.25, -0.2) is 13.1 Å². The second-order valence-corrected chi connectivity index (χ2v) is 8.17. The summed E-state index contributed by atoms with van der Waals surface area (Å²) in [6.07, 6.45) is 4.92. The van der Waals surface area contributed by atoms with Crippen molar-refractivity contribution < 1.29 is 18.3 Å². The van der Waals surface area contributed by atoms with Gasteiger partial charge in [0.05, 0.1) is 5.75 Å². The van der Waals surface area contributed by atoms with Crippen molar-refractivity contribution in [2.75, 3.05) is 5.75 Å². The first-order valence-corrected chi connectivity index (χ1v) is 9.85. The summed E-state index contributed by atoms with van der Waals surface area (Å²) in [5.41, 5.74) is 1.01. The van der Waals surface area contributed by atoms with E-state index in [4.69, 9.17) is 5.11 Å². The van der Waals surface area contributed by atoms with Crippen LogP contribution in [0.5, 0.6) is 0 Å². The Morgan fingerprint density at radius 2 is 1.87 bits per heavy atom. The lowest BCUT2D eigenvalue weighted by molar-refractivity contribution is -0.137. The second kappa shape index (κ2) is 8.45. The molecule has 128 valence electrons. The first-order chi connectivity index (χ1) is 10.9. The molecule has 1 aromatic rings. The Bertz CT molecular complexity index is 594. The molecule has 0 saturated heterocycles. The molecule has 1 aliphatic carbocycles. The number of sulfonamides is 1. The van der Waals surface area contributed by atoms with E-state index in [1.54, 1.807) is 0 Å². The van der Waals surface area contributed by atoms with Gasteiger partial charge in [0, 0.05) is 12.5 Å². The van der Waals surface area contributed by atoms with E-state index in [2.05, 4.69) is 4.72 Å². The number of nitrogens with one attached hydrogen (secondary N) is 1. The summed E-state index contributed by atoms with van der Waals surface area (Å²) < 4.78 is 27.5. The highest BCUT2D eigenvalue weighted by Gasteiger charge is 2.25. The Kier molecular flexibility index (Phi) is 6.59. The van der Waals surface area contributed by atoms with E-state index in [9.17, 15) is 13.2 Å². The van der Waals surface area contributed by atoms with Gasteiger partial charge < -0.3 is 5.11 Å². The van der Waals surface area contributed by atoms with Gasteiger partial charge in [0.15, 0.2) is 0 Å². The molecule has 1 atom stereocenters. The van der Waals surface area contributed by atoms with Crippen molar-refractivity contribution in [3.63, 3.8) is 0 Å². The number of aliphatic carboxylic acids is 1. The molecular formula is C17H25NO4S. The van der Waals surface area contributed by atoms with Crippen molar-refractivity contribution in [1.82, 2.24) is 4.72 Å². The minimum absolute atomic E-state index is 0.0382. The number of carbonyl (C=O) groups is 1. The lowest BCUT2D eigenvalue weighted by Crippen LogP contribution is -2.39. The van der Waals surface area contributed by atoms with E-state index >= 15 is 0 Å². The molecule has 0 heterocycles. The maximum Gasteiger partial charge on any atom is 0.303 e. The standard InChI is InChI=1S/C17H25NO4S/c19-17(20)11-10-16(12-14-6-2-1-3-7-14)18-23(21,22)13-15-8-4-5-9-15/h1-3,6-7,15-16,18H,4-5,8-13H2,(H,19,20). The molecule has 0 spiro atoms. The maximum atomic E-state index is 12.4. The van der Waals surface area contributed by atoms with E-state index in [0.717, 1.165) is 31.2 Å². The van der Waals surface area contributed by atoms with Crippen molar-refractivity contribution in [3.05, 3.63) is 35.9 Å². The Balaban J connectivity index is 1.98. The number of rotatable bonds is 9. The monoisotopic (exact) mass is 339 g/mol. The van der Waals surface area contributed by atoms with Gasteiger partial charge in [-0.05, 0) is 37.2 Å². The zero-order valence-electron chi connectivity index (χ0n) is 13.3. The molecular weight excluding hydrogens is 314 g/mol. The van der Waals surface area contributed by atoms with E-state index in [1.807, 2.05) is 30.3 Å². The summed E-state index contributed by atoms with van der Waals surface area (Å²) in [7, 11) is -3.38. The number of hydrogen-bond acceptors (Lipinski definition) is 3. The molecule has 0 amide bonds. The number of carboxylic acid groups (broad SMARTS) is 1. The van der Waals surface area contributed by atoms with E-state index < -0.39 is 16.0 Å². The van der Waals surface area contributed by atoms with Crippen LogP contribution in [-0.4, -0.2) is 31.3 Å². The van der Waals surface area contributed by atoms with Crippen LogP contribution < -0.4 is 4.72 Å². The molecule has 1 saturated carbocycles. The summed E-state index contributed by atoms with van der Waals surface area (Å²) in [5, 5.41) is 8.88. The van der Waals surface area contributed by atoms with Crippen LogP contribution in [0.1, 0.15) is 44.1 Å². The van der Waals surface area contributed by atoms with Crippen LogP contribution in [0.4, 0.5) is 0 Å². The van der Waals surface area contributed by atoms with Crippen LogP contribution in [0.3, 0.4) is 0 Å². The second-order valence-electron chi connectivity index (χ2n) is 6.37. The summed E-state index contributed by atoms with van der Waals surface area (Å²) in [6.45, 7) is 0. The van der Waals surface area contributed by atoms with Crippen LogP contribution in [0.15, 0.2) is 30.3 Å². The van der Waals surface area contributed by atoms with Gasteiger partial charge in [-0.2, -0.15) is 0 Å². The highest BCUT2D eigenvalue weighted by atomic mass is 32.2. The first-order valence-electron chi connectivity index (χ1n) is 8.20. The smallest absolute Gasteiger partial charge is 0.303 e. The van der Waals surface area contributed by atoms with E-state index in [0.29, 0.717) is 12.8 Å². The van der Waals surface area contributed by atoms with Gasteiger partial charge in [-0.3, -0.25) is 4.79 Å². The van der Waals surface area contributed by atoms with Crippen LogP contribution in [0.25, 0.3) is 0 Å². The molecule has 2 rings (SSSR count). The lowest BCUT2D eigenvalue weighted by Gasteiger charge is -2.20. The molecule has 1 aromatic carbocycles. The quantitative estimate of drug-likeness (QED) is 0.724. The predicted molar refractivity (Wildman–Crippen MR) is 89.7 cm³/mol. The highest BCUT2D eigenvalue weighted by Crippen LogP contribution is 2.26. The third-order valence-electron chi connectivity index (χ3n) is 4.31. The van der Waals surface area contributed by atoms with E-state index in [-0.39, 0.29) is 24.1 Å². The molecule has 0 aromatic heterocycles. The molecule has 0 radical (unpaired) electrons. The predicted octanol–water partition coefficient (Wildman–Crippen LogP) is 2.57.